The molecule has 0 bridgehead atoms. The Kier molecular flexibility index (Phi) is 5.06. The molecule has 2 nitrogen and oxygen atoms in total. The van der Waals surface area contributed by atoms with Crippen molar-refractivity contribution < 1.29 is 0 Å². The summed E-state index contributed by atoms with van der Waals surface area (Å²) in [7, 11) is 0. The Morgan fingerprint density at radius 3 is 0.868 bits per heavy atom. The Labute approximate surface area is 222 Å². The fourth-order valence-corrected chi connectivity index (χ4v) is 5.77. The van der Waals surface area contributed by atoms with Gasteiger partial charge in [0.1, 0.15) is 0 Å². The van der Waals surface area contributed by atoms with Crippen molar-refractivity contribution in [2.24, 2.45) is 0 Å². The van der Waals surface area contributed by atoms with Crippen LogP contribution in [-0.4, -0.2) is 9.97 Å². The van der Waals surface area contributed by atoms with E-state index < -0.39 is 0 Å². The number of nitrogens with zero attached hydrogens (tertiary/aromatic N) is 2. The number of aromatic nitrogens is 2. The predicted octanol–water partition coefficient (Wildman–Crippen LogP) is 9.66. The highest BCUT2D eigenvalue weighted by Gasteiger charge is 2.15. The van der Waals surface area contributed by atoms with Crippen LogP contribution in [0.3, 0.4) is 0 Å². The quantitative estimate of drug-likeness (QED) is 0.226. The van der Waals surface area contributed by atoms with E-state index >= 15 is 0 Å². The first-order valence-corrected chi connectivity index (χ1v) is 13.2. The van der Waals surface area contributed by atoms with Gasteiger partial charge >= 0.3 is 0 Å². The van der Waals surface area contributed by atoms with Crippen LogP contribution in [0.4, 0.5) is 0 Å². The molecule has 2 aromatic heterocycles. The molecule has 0 aliphatic carbocycles. The topological polar surface area (TPSA) is 25.8 Å². The zero-order valence-electron chi connectivity index (χ0n) is 22.1. The first kappa shape index (κ1) is 22.6. The summed E-state index contributed by atoms with van der Waals surface area (Å²) < 4.78 is 0. The normalized spacial score (nSPS) is 11.7. The first-order valence-electron chi connectivity index (χ1n) is 13.2. The van der Waals surface area contributed by atoms with Crippen LogP contribution in [0.25, 0.3) is 65.9 Å². The van der Waals surface area contributed by atoms with Crippen molar-refractivity contribution in [1.82, 2.24) is 9.97 Å². The molecule has 0 aliphatic rings. The fourth-order valence-electron chi connectivity index (χ4n) is 5.77. The molecule has 0 unspecified atom stereocenters. The van der Waals surface area contributed by atoms with E-state index in [2.05, 4.69) is 125 Å². The third-order valence-electron chi connectivity index (χ3n) is 7.63. The Morgan fingerprint density at radius 1 is 0.342 bits per heavy atom. The molecular weight excluding hydrogens is 460 g/mol. The molecule has 2 heterocycles. The van der Waals surface area contributed by atoms with Gasteiger partial charge in [-0.1, -0.05) is 70.8 Å². The highest BCUT2D eigenvalue weighted by molar-refractivity contribution is 6.12. The lowest BCUT2D eigenvalue weighted by molar-refractivity contribution is 1.43. The van der Waals surface area contributed by atoms with Crippen molar-refractivity contribution in [2.75, 3.05) is 0 Å². The maximum Gasteiger partial charge on any atom is 0.0716 e. The van der Waals surface area contributed by atoms with Crippen molar-refractivity contribution in [1.29, 1.82) is 0 Å². The summed E-state index contributed by atoms with van der Waals surface area (Å²) in [6, 6.07) is 35.3. The van der Waals surface area contributed by atoms with Gasteiger partial charge in [-0.3, -0.25) is 0 Å². The average Bonchev–Trinajstić information content (AvgIpc) is 2.91. The number of fused-ring (bicyclic) bond motifs is 4. The van der Waals surface area contributed by atoms with E-state index in [1.165, 1.54) is 66.1 Å². The molecule has 0 atom stereocenters. The molecule has 0 radical (unpaired) electrons. The maximum atomic E-state index is 4.99. The van der Waals surface area contributed by atoms with Gasteiger partial charge < -0.3 is 0 Å². The third-order valence-corrected chi connectivity index (χ3v) is 7.63. The van der Waals surface area contributed by atoms with Gasteiger partial charge in [0.2, 0.25) is 0 Å². The minimum Gasteiger partial charge on any atom is -0.248 e. The minimum absolute atomic E-state index is 1.03. The third kappa shape index (κ3) is 3.64. The highest BCUT2D eigenvalue weighted by atomic mass is 14.7. The number of benzene rings is 5. The van der Waals surface area contributed by atoms with Gasteiger partial charge in [-0.05, 0) is 87.4 Å². The predicted molar refractivity (Wildman–Crippen MR) is 162 cm³/mol. The molecule has 0 saturated carbocycles. The summed E-state index contributed by atoms with van der Waals surface area (Å²) >= 11 is 0. The Hall–Kier alpha value is -4.56. The standard InChI is InChI=1S/C36H28N2/c1-21-5-13-31-27(17-21)35(28-18-22(2)6-14-32(28)37-31)25-9-11-26(12-10-25)36-29-19-23(3)7-15-33(29)38-34-16-8-24(4)20-30(34)36/h5-20H,1-4H3. The summed E-state index contributed by atoms with van der Waals surface area (Å²) in [6.07, 6.45) is 0. The molecule has 5 aromatic carbocycles. The van der Waals surface area contributed by atoms with E-state index in [1.807, 2.05) is 0 Å². The molecular formula is C36H28N2. The zero-order chi connectivity index (χ0) is 26.0. The maximum absolute atomic E-state index is 4.99. The van der Waals surface area contributed by atoms with Crippen LogP contribution in [-0.2, 0) is 0 Å². The molecule has 0 amide bonds. The summed E-state index contributed by atoms with van der Waals surface area (Å²) in [4.78, 5) is 9.98. The average molecular weight is 489 g/mol. The number of pyridine rings is 2. The van der Waals surface area contributed by atoms with Crippen LogP contribution >= 0.6 is 0 Å². The molecule has 0 spiro atoms. The van der Waals surface area contributed by atoms with Crippen molar-refractivity contribution in [3.8, 4) is 22.3 Å². The van der Waals surface area contributed by atoms with Crippen molar-refractivity contribution in [3.63, 3.8) is 0 Å². The SMILES string of the molecule is Cc1ccc2nc3ccc(C)cc3c(-c3ccc(-c4c5cc(C)ccc5nc5ccc(C)cc45)cc3)c2c1. The lowest BCUT2D eigenvalue weighted by atomic mass is 9.91. The van der Waals surface area contributed by atoms with Crippen LogP contribution < -0.4 is 0 Å². The van der Waals surface area contributed by atoms with Gasteiger partial charge in [0.05, 0.1) is 22.1 Å². The molecule has 7 aromatic rings. The lowest BCUT2D eigenvalue weighted by Crippen LogP contribution is -1.92. The van der Waals surface area contributed by atoms with Crippen molar-refractivity contribution >= 4 is 43.6 Å². The van der Waals surface area contributed by atoms with E-state index in [9.17, 15) is 0 Å². The van der Waals surface area contributed by atoms with Crippen LogP contribution in [0.2, 0.25) is 0 Å². The highest BCUT2D eigenvalue weighted by Crippen LogP contribution is 2.39. The van der Waals surface area contributed by atoms with E-state index in [4.69, 9.17) is 9.97 Å². The van der Waals surface area contributed by atoms with Crippen LogP contribution in [0.1, 0.15) is 22.3 Å². The molecule has 38 heavy (non-hydrogen) atoms. The number of hydrogen-bond donors (Lipinski definition) is 0. The van der Waals surface area contributed by atoms with Gasteiger partial charge in [0, 0.05) is 32.7 Å². The molecule has 0 saturated heterocycles. The van der Waals surface area contributed by atoms with E-state index in [-0.39, 0.29) is 0 Å². The van der Waals surface area contributed by atoms with Crippen LogP contribution in [0.15, 0.2) is 97.1 Å². The Bertz CT molecular complexity index is 1780. The van der Waals surface area contributed by atoms with E-state index in [0.717, 1.165) is 22.1 Å². The molecule has 182 valence electrons. The Balaban J connectivity index is 1.51. The second kappa shape index (κ2) is 8.49. The van der Waals surface area contributed by atoms with Gasteiger partial charge in [-0.15, -0.1) is 0 Å². The van der Waals surface area contributed by atoms with E-state index in [1.54, 1.807) is 0 Å². The summed E-state index contributed by atoms with van der Waals surface area (Å²) in [6.45, 7) is 8.60. The van der Waals surface area contributed by atoms with Crippen LogP contribution in [0, 0.1) is 27.7 Å². The summed E-state index contributed by atoms with van der Waals surface area (Å²) in [5.74, 6) is 0. The molecule has 0 fully saturated rings. The molecule has 0 N–H and O–H groups in total. The number of aryl methyl sites for hydroxylation is 4. The van der Waals surface area contributed by atoms with Gasteiger partial charge in [-0.2, -0.15) is 0 Å². The molecule has 2 heteroatoms. The Morgan fingerprint density at radius 2 is 0.605 bits per heavy atom. The summed E-state index contributed by atoms with van der Waals surface area (Å²) in [5, 5.41) is 4.78. The number of hydrogen-bond acceptors (Lipinski definition) is 2. The van der Waals surface area contributed by atoms with E-state index in [0.29, 0.717) is 0 Å². The monoisotopic (exact) mass is 488 g/mol. The lowest BCUT2D eigenvalue weighted by Gasteiger charge is -2.15. The van der Waals surface area contributed by atoms with Crippen molar-refractivity contribution in [2.45, 2.75) is 27.7 Å². The van der Waals surface area contributed by atoms with Gasteiger partial charge in [0.15, 0.2) is 0 Å². The second-order valence-electron chi connectivity index (χ2n) is 10.6. The van der Waals surface area contributed by atoms with Crippen molar-refractivity contribution in [3.05, 3.63) is 119 Å². The van der Waals surface area contributed by atoms with Gasteiger partial charge in [-0.25, -0.2) is 9.97 Å². The molecule has 7 rings (SSSR count). The first-order chi connectivity index (χ1) is 18.4. The van der Waals surface area contributed by atoms with Crippen LogP contribution in [0.5, 0.6) is 0 Å². The van der Waals surface area contributed by atoms with Gasteiger partial charge in [0.25, 0.3) is 0 Å². The zero-order valence-corrected chi connectivity index (χ0v) is 22.1. The summed E-state index contributed by atoms with van der Waals surface area (Å²) in [5.41, 5.74) is 14.0. The fraction of sp³-hybridized carbons (Fsp3) is 0.111. The smallest absolute Gasteiger partial charge is 0.0716 e. The number of rotatable bonds is 2. The largest absolute Gasteiger partial charge is 0.248 e. The second-order valence-corrected chi connectivity index (χ2v) is 10.6. The minimum atomic E-state index is 1.03. The molecule has 0 aliphatic heterocycles.